The van der Waals surface area contributed by atoms with Gasteiger partial charge >= 0.3 is 0 Å². The molecule has 1 aliphatic heterocycles. The molecule has 0 saturated carbocycles. The van der Waals surface area contributed by atoms with E-state index in [4.69, 9.17) is 34.8 Å². The number of piperidine rings is 1. The molecule has 0 unspecified atom stereocenters. The van der Waals surface area contributed by atoms with Crippen molar-refractivity contribution in [2.75, 3.05) is 24.2 Å². The van der Waals surface area contributed by atoms with Gasteiger partial charge in [0.25, 0.3) is 0 Å². The van der Waals surface area contributed by atoms with Gasteiger partial charge in [0.15, 0.2) is 0 Å². The van der Waals surface area contributed by atoms with Crippen molar-refractivity contribution in [1.82, 2.24) is 4.31 Å². The molecule has 1 saturated heterocycles. The first-order valence-electron chi connectivity index (χ1n) is 9.73. The molecular formula is C21H23Cl3N2O3S. The van der Waals surface area contributed by atoms with Gasteiger partial charge in [0.05, 0.1) is 26.5 Å². The second-order valence-corrected chi connectivity index (χ2v) is 10.6. The molecule has 0 aliphatic carbocycles. The third kappa shape index (κ3) is 6.11. The Labute approximate surface area is 192 Å². The average Bonchev–Trinajstić information content (AvgIpc) is 2.72. The number of sulfonamides is 1. The molecule has 2 aromatic carbocycles. The molecule has 0 spiro atoms. The Balaban J connectivity index is 1.50. The van der Waals surface area contributed by atoms with Crippen LogP contribution in [0.25, 0.3) is 0 Å². The summed E-state index contributed by atoms with van der Waals surface area (Å²) in [6.45, 7) is 0.668. The van der Waals surface area contributed by atoms with Crippen molar-refractivity contribution in [2.24, 2.45) is 5.92 Å². The molecule has 0 radical (unpaired) electrons. The normalized spacial score (nSPS) is 15.8. The summed E-state index contributed by atoms with van der Waals surface area (Å²) in [6.07, 6.45) is 2.22. The van der Waals surface area contributed by atoms with E-state index in [1.54, 1.807) is 0 Å². The number of anilines is 1. The molecule has 9 heteroatoms. The molecule has 162 valence electrons. The number of hydrogen-bond donors (Lipinski definition) is 1. The number of carbonyl (C=O) groups excluding carboxylic acids is 1. The number of rotatable bonds is 7. The minimum Gasteiger partial charge on any atom is -0.324 e. The Hall–Kier alpha value is -1.31. The van der Waals surface area contributed by atoms with E-state index in [2.05, 4.69) is 5.32 Å². The molecule has 2 aromatic rings. The van der Waals surface area contributed by atoms with Crippen LogP contribution in [0.15, 0.2) is 42.5 Å². The predicted molar refractivity (Wildman–Crippen MR) is 123 cm³/mol. The third-order valence-corrected chi connectivity index (χ3v) is 8.19. The van der Waals surface area contributed by atoms with Gasteiger partial charge < -0.3 is 5.32 Å². The average molecular weight is 490 g/mol. The zero-order valence-corrected chi connectivity index (χ0v) is 19.4. The molecule has 1 aliphatic rings. The first-order chi connectivity index (χ1) is 14.3. The van der Waals surface area contributed by atoms with Gasteiger partial charge in [-0.25, -0.2) is 12.7 Å². The lowest BCUT2D eigenvalue weighted by Crippen LogP contribution is -2.42. The van der Waals surface area contributed by atoms with Crippen LogP contribution in [0.3, 0.4) is 0 Å². The summed E-state index contributed by atoms with van der Waals surface area (Å²) in [5.41, 5.74) is 1.52. The van der Waals surface area contributed by atoms with Crippen LogP contribution in [-0.2, 0) is 21.2 Å². The summed E-state index contributed by atoms with van der Waals surface area (Å²) in [5, 5.41) is 3.68. The Bertz CT molecular complexity index is 992. The van der Waals surface area contributed by atoms with Crippen LogP contribution in [0.4, 0.5) is 5.69 Å². The molecule has 1 fully saturated rings. The highest BCUT2D eigenvalue weighted by Gasteiger charge is 2.31. The van der Waals surface area contributed by atoms with Gasteiger partial charge in [0.1, 0.15) is 0 Å². The number of amides is 1. The molecule has 5 nitrogen and oxygen atoms in total. The van der Waals surface area contributed by atoms with Gasteiger partial charge in [-0.15, -0.1) is 0 Å². The molecule has 0 aromatic heterocycles. The predicted octanol–water partition coefficient (Wildman–Crippen LogP) is 5.26. The fourth-order valence-corrected chi connectivity index (χ4v) is 5.61. The summed E-state index contributed by atoms with van der Waals surface area (Å²) >= 11 is 18.0. The van der Waals surface area contributed by atoms with Crippen LogP contribution < -0.4 is 5.32 Å². The second kappa shape index (κ2) is 10.3. The molecular weight excluding hydrogens is 467 g/mol. The Morgan fingerprint density at radius 3 is 2.30 bits per heavy atom. The van der Waals surface area contributed by atoms with E-state index in [1.165, 1.54) is 16.4 Å². The number of carbonyl (C=O) groups is 1. The largest absolute Gasteiger partial charge is 0.324 e. The van der Waals surface area contributed by atoms with Crippen molar-refractivity contribution >= 4 is 56.4 Å². The van der Waals surface area contributed by atoms with E-state index in [-0.39, 0.29) is 17.6 Å². The smallest absolute Gasteiger partial charge is 0.227 e. The minimum atomic E-state index is -3.33. The number of benzene rings is 2. The van der Waals surface area contributed by atoms with Gasteiger partial charge in [-0.1, -0.05) is 65.1 Å². The van der Waals surface area contributed by atoms with Crippen molar-refractivity contribution in [1.29, 1.82) is 0 Å². The van der Waals surface area contributed by atoms with Crippen molar-refractivity contribution < 1.29 is 13.2 Å². The third-order valence-electron chi connectivity index (χ3n) is 5.20. The zero-order valence-electron chi connectivity index (χ0n) is 16.3. The number of halogens is 3. The van der Waals surface area contributed by atoms with E-state index in [9.17, 15) is 13.2 Å². The highest BCUT2D eigenvalue weighted by atomic mass is 35.5. The number of hydrogen-bond acceptors (Lipinski definition) is 3. The molecule has 3 rings (SSSR count). The fourth-order valence-electron chi connectivity index (χ4n) is 3.48. The highest BCUT2D eigenvalue weighted by molar-refractivity contribution is 7.89. The first kappa shape index (κ1) is 23.4. The topological polar surface area (TPSA) is 66.5 Å². The van der Waals surface area contributed by atoms with Crippen LogP contribution in [-0.4, -0.2) is 37.5 Å². The summed E-state index contributed by atoms with van der Waals surface area (Å²) in [4.78, 5) is 12.6. The standard InChI is InChI=1S/C21H23Cl3N2O3S/c22-17-13-19(24)20(14-18(17)23)25-21(27)16-8-10-26(11-9-16)30(28,29)12-4-7-15-5-2-1-3-6-15/h1-3,5-6,13-14,16H,4,7-12H2,(H,25,27). The van der Waals surface area contributed by atoms with Gasteiger partial charge in [0.2, 0.25) is 15.9 Å². The maximum absolute atomic E-state index is 12.6. The SMILES string of the molecule is O=C(Nc1cc(Cl)c(Cl)cc1Cl)C1CCN(S(=O)(=O)CCCc2ccccc2)CC1. The lowest BCUT2D eigenvalue weighted by molar-refractivity contribution is -0.120. The van der Waals surface area contributed by atoms with Crippen LogP contribution in [0.2, 0.25) is 15.1 Å². The number of aryl methyl sites for hydroxylation is 1. The zero-order chi connectivity index (χ0) is 21.7. The quantitative estimate of drug-likeness (QED) is 0.539. The minimum absolute atomic E-state index is 0.109. The van der Waals surface area contributed by atoms with Crippen molar-refractivity contribution in [3.8, 4) is 0 Å². The van der Waals surface area contributed by atoms with E-state index in [0.29, 0.717) is 53.1 Å². The van der Waals surface area contributed by atoms with E-state index in [0.717, 1.165) is 12.0 Å². The van der Waals surface area contributed by atoms with Crippen molar-refractivity contribution in [3.05, 3.63) is 63.1 Å². The van der Waals surface area contributed by atoms with Crippen LogP contribution in [0.5, 0.6) is 0 Å². The summed E-state index contributed by atoms with van der Waals surface area (Å²) < 4.78 is 26.8. The second-order valence-electron chi connectivity index (χ2n) is 7.31. The maximum atomic E-state index is 12.6. The van der Waals surface area contributed by atoms with Gasteiger partial charge in [-0.3, -0.25) is 4.79 Å². The summed E-state index contributed by atoms with van der Waals surface area (Å²) in [5.74, 6) is -0.375. The van der Waals surface area contributed by atoms with E-state index >= 15 is 0 Å². The van der Waals surface area contributed by atoms with Crippen LogP contribution >= 0.6 is 34.8 Å². The van der Waals surface area contributed by atoms with Gasteiger partial charge in [-0.2, -0.15) is 0 Å². The van der Waals surface area contributed by atoms with Crippen LogP contribution in [0, 0.1) is 5.92 Å². The van der Waals surface area contributed by atoms with Gasteiger partial charge in [-0.05, 0) is 43.4 Å². The van der Waals surface area contributed by atoms with Crippen molar-refractivity contribution in [2.45, 2.75) is 25.7 Å². The number of nitrogens with zero attached hydrogens (tertiary/aromatic N) is 1. The molecule has 0 atom stereocenters. The Morgan fingerprint density at radius 2 is 1.63 bits per heavy atom. The lowest BCUT2D eigenvalue weighted by atomic mass is 9.97. The van der Waals surface area contributed by atoms with E-state index in [1.807, 2.05) is 30.3 Å². The fraction of sp³-hybridized carbons (Fsp3) is 0.381. The van der Waals surface area contributed by atoms with Gasteiger partial charge in [0, 0.05) is 19.0 Å². The van der Waals surface area contributed by atoms with Crippen molar-refractivity contribution in [3.63, 3.8) is 0 Å². The first-order valence-corrected chi connectivity index (χ1v) is 12.5. The van der Waals surface area contributed by atoms with Crippen LogP contribution in [0.1, 0.15) is 24.8 Å². The molecule has 30 heavy (non-hydrogen) atoms. The molecule has 0 bridgehead atoms. The molecule has 1 amide bonds. The van der Waals surface area contributed by atoms with E-state index < -0.39 is 10.0 Å². The molecule has 1 N–H and O–H groups in total. The highest BCUT2D eigenvalue weighted by Crippen LogP contribution is 2.33. The summed E-state index contributed by atoms with van der Waals surface area (Å²) in [6, 6.07) is 12.8. The molecule has 1 heterocycles. The Morgan fingerprint density at radius 1 is 1.00 bits per heavy atom. The maximum Gasteiger partial charge on any atom is 0.227 e. The summed E-state index contributed by atoms with van der Waals surface area (Å²) in [7, 11) is -3.33. The monoisotopic (exact) mass is 488 g/mol. The number of nitrogens with one attached hydrogen (secondary N) is 1. The lowest BCUT2D eigenvalue weighted by Gasteiger charge is -2.30. The Kier molecular flexibility index (Phi) is 8.04.